The van der Waals surface area contributed by atoms with E-state index in [4.69, 9.17) is 0 Å². The summed E-state index contributed by atoms with van der Waals surface area (Å²) in [7, 11) is 0. The van der Waals surface area contributed by atoms with Crippen molar-refractivity contribution in [2.45, 2.75) is 12.5 Å². The summed E-state index contributed by atoms with van der Waals surface area (Å²) >= 11 is 0. The Morgan fingerprint density at radius 3 is 3.15 bits per heavy atom. The Balaban J connectivity index is 2.37. The summed E-state index contributed by atoms with van der Waals surface area (Å²) in [5.41, 5.74) is 5.58. The first-order valence-corrected chi connectivity index (χ1v) is 4.40. The number of nitrogens with one attached hydrogen (secondary N) is 1. The summed E-state index contributed by atoms with van der Waals surface area (Å²) in [6.45, 7) is 3.74. The van der Waals surface area contributed by atoms with E-state index in [9.17, 15) is 0 Å². The number of rotatable bonds is 2. The smallest absolute Gasteiger partial charge is 0.0730 e. The van der Waals surface area contributed by atoms with E-state index in [0.29, 0.717) is 6.04 Å². The Bertz CT molecular complexity index is 342. The van der Waals surface area contributed by atoms with Crippen LogP contribution in [0.2, 0.25) is 0 Å². The third kappa shape index (κ3) is 1.47. The molecule has 0 amide bonds. The normalized spacial score (nSPS) is 18.9. The molecule has 0 radical (unpaired) electrons. The van der Waals surface area contributed by atoms with Crippen LogP contribution in [0.4, 0.5) is 0 Å². The van der Waals surface area contributed by atoms with E-state index in [0.717, 1.165) is 6.42 Å². The van der Waals surface area contributed by atoms with Crippen LogP contribution >= 0.6 is 0 Å². The lowest BCUT2D eigenvalue weighted by Crippen LogP contribution is -2.20. The molecule has 1 aliphatic heterocycles. The van der Waals surface area contributed by atoms with Gasteiger partial charge in [-0.1, -0.05) is 30.3 Å². The van der Waals surface area contributed by atoms with E-state index >= 15 is 0 Å². The average Bonchev–Trinajstić information content (AvgIpc) is 2.19. The topological polar surface area (TPSA) is 24.4 Å². The first kappa shape index (κ1) is 8.05. The van der Waals surface area contributed by atoms with Gasteiger partial charge < -0.3 is 5.43 Å². The Labute approximate surface area is 78.0 Å². The van der Waals surface area contributed by atoms with Gasteiger partial charge in [0.05, 0.1) is 12.3 Å². The van der Waals surface area contributed by atoms with Crippen LogP contribution in [0.15, 0.2) is 42.0 Å². The minimum Gasteiger partial charge on any atom is -0.302 e. The molecule has 1 aromatic carbocycles. The molecule has 2 nitrogen and oxygen atoms in total. The Kier molecular flexibility index (Phi) is 2.13. The van der Waals surface area contributed by atoms with Crippen LogP contribution in [-0.4, -0.2) is 6.21 Å². The maximum Gasteiger partial charge on any atom is 0.0730 e. The van der Waals surface area contributed by atoms with Gasteiger partial charge in [-0.05, 0) is 17.5 Å². The minimum absolute atomic E-state index is 0.290. The lowest BCUT2D eigenvalue weighted by Gasteiger charge is -2.20. The molecule has 1 heterocycles. The summed E-state index contributed by atoms with van der Waals surface area (Å²) in [5.74, 6) is 0. The van der Waals surface area contributed by atoms with Crippen LogP contribution in [0.25, 0.3) is 0 Å². The quantitative estimate of drug-likeness (QED) is 0.680. The van der Waals surface area contributed by atoms with Crippen molar-refractivity contribution in [1.82, 2.24) is 5.43 Å². The summed E-state index contributed by atoms with van der Waals surface area (Å²) in [6.07, 6.45) is 4.68. The molecule has 0 aromatic heterocycles. The Hall–Kier alpha value is -1.57. The van der Waals surface area contributed by atoms with E-state index in [1.165, 1.54) is 11.1 Å². The lowest BCUT2D eigenvalue weighted by atomic mass is 9.98. The molecular formula is C11H12N2. The van der Waals surface area contributed by atoms with Gasteiger partial charge in [0.2, 0.25) is 0 Å². The second-order valence-corrected chi connectivity index (χ2v) is 3.09. The molecule has 2 rings (SSSR count). The first-order valence-electron chi connectivity index (χ1n) is 4.40. The fraction of sp³-hybridized carbons (Fsp3) is 0.182. The van der Waals surface area contributed by atoms with Gasteiger partial charge in [-0.25, -0.2) is 0 Å². The third-order valence-electron chi connectivity index (χ3n) is 2.21. The zero-order valence-corrected chi connectivity index (χ0v) is 7.40. The van der Waals surface area contributed by atoms with E-state index < -0.39 is 0 Å². The molecule has 0 spiro atoms. The molecule has 1 unspecified atom stereocenters. The first-order chi connectivity index (χ1) is 6.42. The molecule has 0 saturated heterocycles. The van der Waals surface area contributed by atoms with Gasteiger partial charge in [-0.15, -0.1) is 6.58 Å². The predicted octanol–water partition coefficient (Wildman–Crippen LogP) is 2.24. The summed E-state index contributed by atoms with van der Waals surface area (Å²) in [4.78, 5) is 0. The molecule has 66 valence electrons. The van der Waals surface area contributed by atoms with Crippen LogP contribution in [0.1, 0.15) is 23.6 Å². The largest absolute Gasteiger partial charge is 0.302 e. The predicted molar refractivity (Wildman–Crippen MR) is 54.7 cm³/mol. The maximum absolute atomic E-state index is 4.10. The van der Waals surface area contributed by atoms with Gasteiger partial charge >= 0.3 is 0 Å². The monoisotopic (exact) mass is 172 g/mol. The van der Waals surface area contributed by atoms with Crippen molar-refractivity contribution < 1.29 is 0 Å². The van der Waals surface area contributed by atoms with Gasteiger partial charge in [0.15, 0.2) is 0 Å². The third-order valence-corrected chi connectivity index (χ3v) is 2.21. The Morgan fingerprint density at radius 2 is 2.31 bits per heavy atom. The molecule has 13 heavy (non-hydrogen) atoms. The summed E-state index contributed by atoms with van der Waals surface area (Å²) < 4.78 is 0. The summed E-state index contributed by atoms with van der Waals surface area (Å²) in [6, 6.07) is 8.58. The number of nitrogens with zero attached hydrogens (tertiary/aromatic N) is 1. The van der Waals surface area contributed by atoms with Crippen LogP contribution in [0, 0.1) is 0 Å². The van der Waals surface area contributed by atoms with E-state index in [1.54, 1.807) is 0 Å². The second-order valence-electron chi connectivity index (χ2n) is 3.09. The van der Waals surface area contributed by atoms with Crippen LogP contribution in [0.5, 0.6) is 0 Å². The van der Waals surface area contributed by atoms with Crippen molar-refractivity contribution >= 4 is 6.21 Å². The number of hydrazone groups is 1. The fourth-order valence-electron chi connectivity index (χ4n) is 1.56. The Morgan fingerprint density at radius 1 is 1.46 bits per heavy atom. The van der Waals surface area contributed by atoms with Gasteiger partial charge in [0.1, 0.15) is 0 Å². The van der Waals surface area contributed by atoms with Gasteiger partial charge in [0, 0.05) is 0 Å². The highest BCUT2D eigenvalue weighted by atomic mass is 15.3. The second kappa shape index (κ2) is 3.44. The van der Waals surface area contributed by atoms with Gasteiger partial charge in [0.25, 0.3) is 0 Å². The zero-order chi connectivity index (χ0) is 9.10. The summed E-state index contributed by atoms with van der Waals surface area (Å²) in [5, 5.41) is 4.10. The van der Waals surface area contributed by atoms with Crippen LogP contribution in [0.3, 0.4) is 0 Å². The molecule has 0 fully saturated rings. The highest BCUT2D eigenvalue weighted by Gasteiger charge is 2.14. The molecule has 2 heteroatoms. The minimum atomic E-state index is 0.290. The van der Waals surface area contributed by atoms with Crippen LogP contribution in [-0.2, 0) is 0 Å². The highest BCUT2D eigenvalue weighted by Crippen LogP contribution is 2.22. The molecule has 0 saturated carbocycles. The number of fused-ring (bicyclic) bond motifs is 1. The van der Waals surface area contributed by atoms with E-state index in [2.05, 4.69) is 35.3 Å². The maximum atomic E-state index is 4.10. The van der Waals surface area contributed by atoms with Crippen molar-refractivity contribution in [3.63, 3.8) is 0 Å². The standard InChI is InChI=1S/C11H12N2/c1-2-5-11-10-7-4-3-6-9(10)8-12-13-11/h2-4,6-8,11,13H,1,5H2. The van der Waals surface area contributed by atoms with E-state index in [-0.39, 0.29) is 0 Å². The SMILES string of the molecule is C=CCC1NN=Cc2ccccc21. The average molecular weight is 172 g/mol. The molecular weight excluding hydrogens is 160 g/mol. The van der Waals surface area contributed by atoms with Crippen LogP contribution < -0.4 is 5.43 Å². The molecule has 1 aliphatic rings. The fourth-order valence-corrected chi connectivity index (χ4v) is 1.56. The highest BCUT2D eigenvalue weighted by molar-refractivity contribution is 5.82. The number of hydrogen-bond donors (Lipinski definition) is 1. The lowest BCUT2D eigenvalue weighted by molar-refractivity contribution is 0.557. The molecule has 1 aromatic rings. The van der Waals surface area contributed by atoms with Crippen molar-refractivity contribution in [2.75, 3.05) is 0 Å². The van der Waals surface area contributed by atoms with Crippen molar-refractivity contribution in [1.29, 1.82) is 0 Å². The van der Waals surface area contributed by atoms with Crippen molar-refractivity contribution in [3.8, 4) is 0 Å². The van der Waals surface area contributed by atoms with E-state index in [1.807, 2.05) is 18.4 Å². The molecule has 1 atom stereocenters. The molecule has 0 bridgehead atoms. The van der Waals surface area contributed by atoms with Crippen molar-refractivity contribution in [3.05, 3.63) is 48.0 Å². The molecule has 0 aliphatic carbocycles. The zero-order valence-electron chi connectivity index (χ0n) is 7.40. The molecule has 1 N–H and O–H groups in total. The van der Waals surface area contributed by atoms with Gasteiger partial charge in [-0.3, -0.25) is 0 Å². The number of hydrogen-bond acceptors (Lipinski definition) is 2. The van der Waals surface area contributed by atoms with Crippen molar-refractivity contribution in [2.24, 2.45) is 5.10 Å². The van der Waals surface area contributed by atoms with Gasteiger partial charge in [-0.2, -0.15) is 5.10 Å². The number of benzene rings is 1.